The van der Waals surface area contributed by atoms with Crippen molar-refractivity contribution in [3.63, 3.8) is 0 Å². The number of hydrogen-bond donors (Lipinski definition) is 1. The monoisotopic (exact) mass is 195 g/mol. The predicted molar refractivity (Wildman–Crippen MR) is 55.7 cm³/mol. The zero-order valence-electron chi connectivity index (χ0n) is 8.95. The van der Waals surface area contributed by atoms with Gasteiger partial charge in [-0.3, -0.25) is 0 Å². The van der Waals surface area contributed by atoms with Crippen LogP contribution < -0.4 is 5.73 Å². The van der Waals surface area contributed by atoms with Crippen LogP contribution in [0.2, 0.25) is 0 Å². The minimum Gasteiger partial charge on any atom is -0.384 e. The second kappa shape index (κ2) is 4.37. The number of nitrogen functional groups attached to an aromatic ring is 1. The largest absolute Gasteiger partial charge is 0.384 e. The van der Waals surface area contributed by atoms with E-state index >= 15 is 0 Å². The summed E-state index contributed by atoms with van der Waals surface area (Å²) in [4.78, 5) is 8.36. The average molecular weight is 195 g/mol. The van der Waals surface area contributed by atoms with Gasteiger partial charge in [0.05, 0.1) is 0 Å². The SMILES string of the molecule is CCOC(C)(CC)c1nccc(N)n1. The number of anilines is 1. The van der Waals surface area contributed by atoms with Gasteiger partial charge in [-0.05, 0) is 26.3 Å². The lowest BCUT2D eigenvalue weighted by molar-refractivity contribution is -0.0389. The Morgan fingerprint density at radius 2 is 2.21 bits per heavy atom. The van der Waals surface area contributed by atoms with Crippen LogP contribution in [-0.2, 0) is 10.3 Å². The van der Waals surface area contributed by atoms with Crippen LogP contribution in [0.3, 0.4) is 0 Å². The minimum absolute atomic E-state index is 0.426. The molecule has 4 heteroatoms. The Hall–Kier alpha value is -1.16. The first-order valence-corrected chi connectivity index (χ1v) is 4.85. The van der Waals surface area contributed by atoms with Gasteiger partial charge in [0, 0.05) is 12.8 Å². The summed E-state index contributed by atoms with van der Waals surface area (Å²) in [6.45, 7) is 6.62. The highest BCUT2D eigenvalue weighted by Gasteiger charge is 2.28. The van der Waals surface area contributed by atoms with Crippen LogP contribution in [0.4, 0.5) is 5.82 Å². The maximum absolute atomic E-state index is 5.64. The maximum atomic E-state index is 5.64. The number of aromatic nitrogens is 2. The molecule has 0 aliphatic heterocycles. The summed E-state index contributed by atoms with van der Waals surface area (Å²) in [7, 11) is 0. The summed E-state index contributed by atoms with van der Waals surface area (Å²) in [5.74, 6) is 1.14. The molecule has 1 heterocycles. The zero-order valence-corrected chi connectivity index (χ0v) is 8.95. The number of ether oxygens (including phenoxy) is 1. The second-order valence-corrected chi connectivity index (χ2v) is 3.32. The van der Waals surface area contributed by atoms with Crippen molar-refractivity contribution in [2.45, 2.75) is 32.8 Å². The highest BCUT2D eigenvalue weighted by Crippen LogP contribution is 2.25. The van der Waals surface area contributed by atoms with Crippen molar-refractivity contribution in [1.82, 2.24) is 9.97 Å². The van der Waals surface area contributed by atoms with Crippen molar-refractivity contribution in [1.29, 1.82) is 0 Å². The normalized spacial score (nSPS) is 15.1. The van der Waals surface area contributed by atoms with E-state index in [4.69, 9.17) is 10.5 Å². The minimum atomic E-state index is -0.426. The van der Waals surface area contributed by atoms with Gasteiger partial charge in [0.2, 0.25) is 0 Å². The van der Waals surface area contributed by atoms with Gasteiger partial charge in [0.1, 0.15) is 11.4 Å². The lowest BCUT2D eigenvalue weighted by Gasteiger charge is -2.26. The van der Waals surface area contributed by atoms with E-state index in [-0.39, 0.29) is 0 Å². The Labute approximate surface area is 84.5 Å². The standard InChI is InChI=1S/C10H17N3O/c1-4-10(3,14-5-2)9-12-7-6-8(11)13-9/h6-7H,4-5H2,1-3H3,(H2,11,12,13). The van der Waals surface area contributed by atoms with E-state index in [0.717, 1.165) is 6.42 Å². The first kappa shape index (κ1) is 10.9. The predicted octanol–water partition coefficient (Wildman–Crippen LogP) is 1.72. The topological polar surface area (TPSA) is 61.0 Å². The van der Waals surface area contributed by atoms with Crippen molar-refractivity contribution < 1.29 is 4.74 Å². The quantitative estimate of drug-likeness (QED) is 0.794. The molecule has 0 spiro atoms. The molecule has 14 heavy (non-hydrogen) atoms. The molecule has 1 aromatic heterocycles. The van der Waals surface area contributed by atoms with Crippen LogP contribution in [0.5, 0.6) is 0 Å². The molecule has 0 saturated heterocycles. The fraction of sp³-hybridized carbons (Fsp3) is 0.600. The van der Waals surface area contributed by atoms with Crippen molar-refractivity contribution in [3.05, 3.63) is 18.1 Å². The van der Waals surface area contributed by atoms with Crippen LogP contribution in [0, 0.1) is 0 Å². The van der Waals surface area contributed by atoms with Gasteiger partial charge in [-0.2, -0.15) is 0 Å². The molecule has 0 amide bonds. The van der Waals surface area contributed by atoms with E-state index < -0.39 is 5.60 Å². The Kier molecular flexibility index (Phi) is 3.41. The molecule has 0 fully saturated rings. The molecule has 1 rings (SSSR count). The molecule has 0 bridgehead atoms. The third-order valence-electron chi connectivity index (χ3n) is 2.29. The molecule has 1 unspecified atom stereocenters. The molecule has 0 saturated carbocycles. The van der Waals surface area contributed by atoms with Gasteiger partial charge in [-0.1, -0.05) is 6.92 Å². The molecule has 0 aliphatic carbocycles. The van der Waals surface area contributed by atoms with Gasteiger partial charge in [0.25, 0.3) is 0 Å². The van der Waals surface area contributed by atoms with Crippen LogP contribution in [0.1, 0.15) is 33.0 Å². The lowest BCUT2D eigenvalue weighted by atomic mass is 10.0. The molecule has 2 N–H and O–H groups in total. The van der Waals surface area contributed by atoms with Crippen molar-refractivity contribution >= 4 is 5.82 Å². The lowest BCUT2D eigenvalue weighted by Crippen LogP contribution is -2.28. The Balaban J connectivity index is 2.99. The smallest absolute Gasteiger partial charge is 0.162 e. The first-order valence-electron chi connectivity index (χ1n) is 4.85. The molecule has 1 aromatic rings. The highest BCUT2D eigenvalue weighted by molar-refractivity contribution is 5.26. The Bertz CT molecular complexity index is 303. The summed E-state index contributed by atoms with van der Waals surface area (Å²) in [6, 6.07) is 1.67. The van der Waals surface area contributed by atoms with Gasteiger partial charge >= 0.3 is 0 Å². The van der Waals surface area contributed by atoms with Crippen molar-refractivity contribution in [3.8, 4) is 0 Å². The number of nitrogens with two attached hydrogens (primary N) is 1. The maximum Gasteiger partial charge on any atom is 0.162 e. The van der Waals surface area contributed by atoms with Crippen LogP contribution in [0.25, 0.3) is 0 Å². The third kappa shape index (κ3) is 2.20. The van der Waals surface area contributed by atoms with Gasteiger partial charge in [0.15, 0.2) is 5.82 Å². The van der Waals surface area contributed by atoms with E-state index in [9.17, 15) is 0 Å². The second-order valence-electron chi connectivity index (χ2n) is 3.32. The Morgan fingerprint density at radius 1 is 1.50 bits per heavy atom. The summed E-state index contributed by atoms with van der Waals surface area (Å²) < 4.78 is 5.64. The van der Waals surface area contributed by atoms with Crippen LogP contribution in [0.15, 0.2) is 12.3 Å². The number of nitrogens with zero attached hydrogens (tertiary/aromatic N) is 2. The van der Waals surface area contributed by atoms with Crippen LogP contribution in [-0.4, -0.2) is 16.6 Å². The Morgan fingerprint density at radius 3 is 2.71 bits per heavy atom. The van der Waals surface area contributed by atoms with Crippen molar-refractivity contribution in [2.75, 3.05) is 12.3 Å². The first-order chi connectivity index (χ1) is 6.62. The molecule has 0 aromatic carbocycles. The molecular weight excluding hydrogens is 178 g/mol. The molecule has 1 atom stereocenters. The van der Waals surface area contributed by atoms with Gasteiger partial charge in [-0.25, -0.2) is 9.97 Å². The van der Waals surface area contributed by atoms with Gasteiger partial charge in [-0.15, -0.1) is 0 Å². The van der Waals surface area contributed by atoms with Crippen LogP contribution >= 0.6 is 0 Å². The number of rotatable bonds is 4. The van der Waals surface area contributed by atoms with E-state index in [0.29, 0.717) is 18.2 Å². The fourth-order valence-electron chi connectivity index (χ4n) is 1.27. The summed E-state index contributed by atoms with van der Waals surface area (Å²) >= 11 is 0. The summed E-state index contributed by atoms with van der Waals surface area (Å²) in [5.41, 5.74) is 5.17. The molecule has 0 aliphatic rings. The van der Waals surface area contributed by atoms with Gasteiger partial charge < -0.3 is 10.5 Å². The molecular formula is C10H17N3O. The fourth-order valence-corrected chi connectivity index (χ4v) is 1.27. The average Bonchev–Trinajstić information content (AvgIpc) is 2.18. The molecule has 4 nitrogen and oxygen atoms in total. The van der Waals surface area contributed by atoms with E-state index in [1.807, 2.05) is 20.8 Å². The molecule has 78 valence electrons. The van der Waals surface area contributed by atoms with E-state index in [1.165, 1.54) is 0 Å². The van der Waals surface area contributed by atoms with E-state index in [1.54, 1.807) is 12.3 Å². The summed E-state index contributed by atoms with van der Waals surface area (Å²) in [5, 5.41) is 0. The highest BCUT2D eigenvalue weighted by atomic mass is 16.5. The zero-order chi connectivity index (χ0) is 10.6. The van der Waals surface area contributed by atoms with E-state index in [2.05, 4.69) is 9.97 Å². The number of hydrogen-bond acceptors (Lipinski definition) is 4. The third-order valence-corrected chi connectivity index (χ3v) is 2.29. The molecule has 0 radical (unpaired) electrons. The summed E-state index contributed by atoms with van der Waals surface area (Å²) in [6.07, 6.45) is 2.48. The van der Waals surface area contributed by atoms with Crippen molar-refractivity contribution in [2.24, 2.45) is 0 Å².